The minimum absolute atomic E-state index is 0.507. The Kier molecular flexibility index (Phi) is 3.10. The molecule has 0 radical (unpaired) electrons. The summed E-state index contributed by atoms with van der Waals surface area (Å²) in [5.74, 6) is 0. The van der Waals surface area contributed by atoms with Gasteiger partial charge in [0.25, 0.3) is 0 Å². The maximum Gasteiger partial charge on any atom is 0.0155 e. The van der Waals surface area contributed by atoms with Gasteiger partial charge in [-0.3, -0.25) is 4.90 Å². The van der Waals surface area contributed by atoms with Gasteiger partial charge < -0.3 is 10.2 Å². The van der Waals surface area contributed by atoms with Crippen molar-refractivity contribution in [2.24, 2.45) is 0 Å². The zero-order valence-electron chi connectivity index (χ0n) is 9.55. The highest BCUT2D eigenvalue weighted by atomic mass is 15.3. The van der Waals surface area contributed by atoms with E-state index in [1.165, 1.54) is 52.1 Å². The monoisotopic (exact) mass is 197 g/mol. The summed E-state index contributed by atoms with van der Waals surface area (Å²) in [5, 5.41) is 3.64. The summed E-state index contributed by atoms with van der Waals surface area (Å²) in [6.07, 6.45) is 2.74. The molecule has 1 saturated heterocycles. The molecule has 0 aromatic carbocycles. The fraction of sp³-hybridized carbons (Fsp3) is 1.00. The Balaban J connectivity index is 1.57. The Hall–Kier alpha value is -0.120. The smallest absolute Gasteiger partial charge is 0.0155 e. The van der Waals surface area contributed by atoms with Crippen molar-refractivity contribution in [1.29, 1.82) is 0 Å². The first kappa shape index (κ1) is 10.4. The van der Waals surface area contributed by atoms with E-state index in [2.05, 4.69) is 29.1 Å². The van der Waals surface area contributed by atoms with Gasteiger partial charge in [0.15, 0.2) is 0 Å². The van der Waals surface area contributed by atoms with Crippen LogP contribution in [0.3, 0.4) is 0 Å². The van der Waals surface area contributed by atoms with E-state index in [1.54, 1.807) is 0 Å². The van der Waals surface area contributed by atoms with Crippen LogP contribution in [0.15, 0.2) is 0 Å². The fourth-order valence-corrected chi connectivity index (χ4v) is 1.95. The lowest BCUT2D eigenvalue weighted by Crippen LogP contribution is -2.47. The molecule has 2 aliphatic rings. The molecule has 1 N–H and O–H groups in total. The van der Waals surface area contributed by atoms with E-state index in [9.17, 15) is 0 Å². The molecule has 3 nitrogen and oxygen atoms in total. The second-order valence-corrected chi connectivity index (χ2v) is 5.13. The Labute approximate surface area is 87.4 Å². The van der Waals surface area contributed by atoms with Crippen LogP contribution in [0.4, 0.5) is 0 Å². The molecule has 0 spiro atoms. The molecule has 0 bridgehead atoms. The first-order chi connectivity index (χ1) is 6.68. The van der Waals surface area contributed by atoms with Gasteiger partial charge in [-0.2, -0.15) is 0 Å². The fourth-order valence-electron chi connectivity index (χ4n) is 1.95. The van der Waals surface area contributed by atoms with Gasteiger partial charge in [0.05, 0.1) is 0 Å². The van der Waals surface area contributed by atoms with E-state index in [1.807, 2.05) is 0 Å². The average molecular weight is 197 g/mol. The second-order valence-electron chi connectivity index (χ2n) is 5.13. The molecule has 0 aromatic rings. The third-order valence-electron chi connectivity index (χ3n) is 3.58. The van der Waals surface area contributed by atoms with E-state index >= 15 is 0 Å². The Morgan fingerprint density at radius 3 is 2.36 bits per heavy atom. The van der Waals surface area contributed by atoms with Crippen LogP contribution >= 0.6 is 0 Å². The van der Waals surface area contributed by atoms with Crippen LogP contribution in [0.1, 0.15) is 19.8 Å². The molecule has 0 unspecified atom stereocenters. The number of hydrogen-bond donors (Lipinski definition) is 1. The van der Waals surface area contributed by atoms with Crippen molar-refractivity contribution in [2.75, 3.05) is 46.3 Å². The van der Waals surface area contributed by atoms with E-state index in [0.717, 1.165) is 0 Å². The average Bonchev–Trinajstić information content (AvgIpc) is 2.88. The maximum atomic E-state index is 3.64. The van der Waals surface area contributed by atoms with Gasteiger partial charge in [0.2, 0.25) is 0 Å². The summed E-state index contributed by atoms with van der Waals surface area (Å²) in [7, 11) is 2.21. The highest BCUT2D eigenvalue weighted by Crippen LogP contribution is 2.33. The summed E-state index contributed by atoms with van der Waals surface area (Å²) < 4.78 is 0. The van der Waals surface area contributed by atoms with Crippen molar-refractivity contribution in [1.82, 2.24) is 15.1 Å². The number of rotatable bonds is 4. The molecule has 0 atom stereocenters. The molecule has 1 saturated carbocycles. The quantitative estimate of drug-likeness (QED) is 0.703. The standard InChI is InChI=1S/C11H23N3/c1-11(3-4-11)12-5-6-14-9-7-13(2)8-10-14/h12H,3-10H2,1-2H3. The van der Waals surface area contributed by atoms with E-state index < -0.39 is 0 Å². The van der Waals surface area contributed by atoms with Crippen LogP contribution in [-0.2, 0) is 0 Å². The Bertz CT molecular complexity index is 181. The van der Waals surface area contributed by atoms with Crippen molar-refractivity contribution < 1.29 is 0 Å². The van der Waals surface area contributed by atoms with E-state index in [0.29, 0.717) is 5.54 Å². The van der Waals surface area contributed by atoms with Crippen LogP contribution in [0.2, 0.25) is 0 Å². The highest BCUT2D eigenvalue weighted by molar-refractivity contribution is 4.97. The lowest BCUT2D eigenvalue weighted by atomic mass is 10.3. The number of likely N-dealkylation sites (N-methyl/N-ethyl adjacent to an activating group) is 1. The van der Waals surface area contributed by atoms with Gasteiger partial charge in [-0.05, 0) is 26.8 Å². The van der Waals surface area contributed by atoms with Crippen molar-refractivity contribution in [3.05, 3.63) is 0 Å². The number of hydrogen-bond acceptors (Lipinski definition) is 3. The molecule has 0 amide bonds. The Morgan fingerprint density at radius 2 is 1.79 bits per heavy atom. The van der Waals surface area contributed by atoms with Crippen molar-refractivity contribution in [2.45, 2.75) is 25.3 Å². The van der Waals surface area contributed by atoms with E-state index in [-0.39, 0.29) is 0 Å². The lowest BCUT2D eigenvalue weighted by molar-refractivity contribution is 0.153. The SMILES string of the molecule is CN1CCN(CCNC2(C)CC2)CC1. The molecule has 3 heteroatoms. The predicted molar refractivity (Wildman–Crippen MR) is 59.6 cm³/mol. The third kappa shape index (κ3) is 2.94. The van der Waals surface area contributed by atoms with Crippen LogP contribution < -0.4 is 5.32 Å². The van der Waals surface area contributed by atoms with Crippen molar-refractivity contribution >= 4 is 0 Å². The molecule has 82 valence electrons. The minimum atomic E-state index is 0.507. The number of piperazine rings is 1. The summed E-state index contributed by atoms with van der Waals surface area (Å²) in [4.78, 5) is 4.98. The molecule has 1 aliphatic heterocycles. The molecular weight excluding hydrogens is 174 g/mol. The summed E-state index contributed by atoms with van der Waals surface area (Å²) in [6, 6.07) is 0. The van der Waals surface area contributed by atoms with Gasteiger partial charge in [-0.15, -0.1) is 0 Å². The molecular formula is C11H23N3. The first-order valence-electron chi connectivity index (χ1n) is 5.84. The van der Waals surface area contributed by atoms with Crippen molar-refractivity contribution in [3.8, 4) is 0 Å². The second kappa shape index (κ2) is 4.17. The first-order valence-corrected chi connectivity index (χ1v) is 5.84. The topological polar surface area (TPSA) is 18.5 Å². The molecule has 1 aliphatic carbocycles. The van der Waals surface area contributed by atoms with Gasteiger partial charge in [0.1, 0.15) is 0 Å². The zero-order chi connectivity index (χ0) is 10.0. The van der Waals surface area contributed by atoms with Gasteiger partial charge >= 0.3 is 0 Å². The van der Waals surface area contributed by atoms with Crippen LogP contribution in [0.5, 0.6) is 0 Å². The predicted octanol–water partition coefficient (Wildman–Crippen LogP) is 0.376. The summed E-state index contributed by atoms with van der Waals surface area (Å²) in [6.45, 7) is 9.68. The molecule has 2 fully saturated rings. The molecule has 2 rings (SSSR count). The van der Waals surface area contributed by atoms with Gasteiger partial charge in [-0.1, -0.05) is 0 Å². The number of nitrogens with zero attached hydrogens (tertiary/aromatic N) is 2. The van der Waals surface area contributed by atoms with Crippen LogP contribution in [-0.4, -0.2) is 61.7 Å². The largest absolute Gasteiger partial charge is 0.310 e. The minimum Gasteiger partial charge on any atom is -0.310 e. The third-order valence-corrected chi connectivity index (χ3v) is 3.58. The Morgan fingerprint density at radius 1 is 1.14 bits per heavy atom. The molecule has 0 aromatic heterocycles. The van der Waals surface area contributed by atoms with Gasteiger partial charge in [-0.25, -0.2) is 0 Å². The molecule has 14 heavy (non-hydrogen) atoms. The normalized spacial score (nSPS) is 27.9. The summed E-state index contributed by atoms with van der Waals surface area (Å²) in [5.41, 5.74) is 0.507. The maximum absolute atomic E-state index is 3.64. The zero-order valence-corrected chi connectivity index (χ0v) is 9.55. The van der Waals surface area contributed by atoms with Crippen LogP contribution in [0.25, 0.3) is 0 Å². The lowest BCUT2D eigenvalue weighted by Gasteiger charge is -2.32. The van der Waals surface area contributed by atoms with E-state index in [4.69, 9.17) is 0 Å². The van der Waals surface area contributed by atoms with Crippen molar-refractivity contribution in [3.63, 3.8) is 0 Å². The van der Waals surface area contributed by atoms with Gasteiger partial charge in [0, 0.05) is 44.8 Å². The number of nitrogens with one attached hydrogen (secondary N) is 1. The molecule has 1 heterocycles. The van der Waals surface area contributed by atoms with Crippen LogP contribution in [0, 0.1) is 0 Å². The summed E-state index contributed by atoms with van der Waals surface area (Å²) >= 11 is 0. The highest BCUT2D eigenvalue weighted by Gasteiger charge is 2.36.